The van der Waals surface area contributed by atoms with Crippen molar-refractivity contribution in [3.8, 4) is 0 Å². The predicted octanol–water partition coefficient (Wildman–Crippen LogP) is 4.13. The highest BCUT2D eigenvalue weighted by molar-refractivity contribution is 5.96. The predicted molar refractivity (Wildman–Crippen MR) is 125 cm³/mol. The number of anilines is 1. The molecule has 3 aromatic carbocycles. The van der Waals surface area contributed by atoms with Crippen LogP contribution in [0.5, 0.6) is 0 Å². The first kappa shape index (κ1) is 19.3. The van der Waals surface area contributed by atoms with Crippen LogP contribution in [-0.4, -0.2) is 39.9 Å². The summed E-state index contributed by atoms with van der Waals surface area (Å²) in [5.41, 5.74) is 4.43. The Kier molecular flexibility index (Phi) is 4.92. The summed E-state index contributed by atoms with van der Waals surface area (Å²) in [4.78, 5) is 31.9. The number of aromatic amines is 2. The molecule has 6 heteroatoms. The molecule has 0 saturated carbocycles. The number of H-pyrrole nitrogens is 2. The van der Waals surface area contributed by atoms with Crippen molar-refractivity contribution in [1.82, 2.24) is 14.9 Å². The molecule has 1 unspecified atom stereocenters. The number of carbonyl (C=O) groups excluding carboxylic acids is 1. The lowest BCUT2D eigenvalue weighted by Gasteiger charge is -2.31. The first-order chi connectivity index (χ1) is 15.1. The van der Waals surface area contributed by atoms with Crippen molar-refractivity contribution in [2.45, 2.75) is 19.4 Å². The molecule has 0 saturated heterocycles. The number of amides is 1. The number of imidazole rings is 1. The number of rotatable bonds is 4. The first-order valence-electron chi connectivity index (χ1n) is 10.5. The maximum absolute atomic E-state index is 12.8. The van der Waals surface area contributed by atoms with E-state index in [9.17, 15) is 9.59 Å². The zero-order valence-electron chi connectivity index (χ0n) is 17.3. The second-order valence-electron chi connectivity index (χ2n) is 8.01. The van der Waals surface area contributed by atoms with Gasteiger partial charge in [0.15, 0.2) is 0 Å². The Hall–Kier alpha value is -3.64. The van der Waals surface area contributed by atoms with Crippen molar-refractivity contribution in [3.63, 3.8) is 0 Å². The zero-order chi connectivity index (χ0) is 21.4. The molecule has 4 aromatic rings. The fourth-order valence-electron chi connectivity index (χ4n) is 4.31. The van der Waals surface area contributed by atoms with Gasteiger partial charge < -0.3 is 15.3 Å². The number of hydrogen-bond donors (Lipinski definition) is 3. The van der Waals surface area contributed by atoms with Gasteiger partial charge in [0.05, 0.1) is 17.1 Å². The van der Waals surface area contributed by atoms with Gasteiger partial charge in [-0.25, -0.2) is 4.79 Å². The lowest BCUT2D eigenvalue weighted by atomic mass is 9.94. The standard InChI is InChI=1S/C25H24N4O2/c1-16(24(30)26-19-9-10-22-23(15-19)28-25(31)27-22)29-13-11-18(12-14-29)21-8-4-6-17-5-2-3-7-20(17)21/h2-11,15-16H,12-14H2,1H3,(H,26,30)(H2,27,28,31). The van der Waals surface area contributed by atoms with Crippen LogP contribution in [0.3, 0.4) is 0 Å². The lowest BCUT2D eigenvalue weighted by Crippen LogP contribution is -2.44. The van der Waals surface area contributed by atoms with Gasteiger partial charge in [-0.3, -0.25) is 9.69 Å². The van der Waals surface area contributed by atoms with E-state index in [2.05, 4.69) is 68.7 Å². The summed E-state index contributed by atoms with van der Waals surface area (Å²) < 4.78 is 0. The highest BCUT2D eigenvalue weighted by Crippen LogP contribution is 2.29. The molecule has 3 N–H and O–H groups in total. The fraction of sp³-hybridized carbons (Fsp3) is 0.200. The largest absolute Gasteiger partial charge is 0.325 e. The first-order valence-corrected chi connectivity index (χ1v) is 10.5. The van der Waals surface area contributed by atoms with Crippen molar-refractivity contribution in [2.24, 2.45) is 0 Å². The summed E-state index contributed by atoms with van der Waals surface area (Å²) in [6, 6.07) is 20.0. The highest BCUT2D eigenvalue weighted by atomic mass is 16.2. The van der Waals surface area contributed by atoms with Crippen LogP contribution < -0.4 is 11.0 Å². The van der Waals surface area contributed by atoms with Gasteiger partial charge in [-0.1, -0.05) is 48.5 Å². The molecule has 156 valence electrons. The molecule has 6 nitrogen and oxygen atoms in total. The molecule has 31 heavy (non-hydrogen) atoms. The minimum atomic E-state index is -0.258. The van der Waals surface area contributed by atoms with Gasteiger partial charge in [0.2, 0.25) is 5.91 Å². The minimum absolute atomic E-state index is 0.0563. The maximum atomic E-state index is 12.8. The fourth-order valence-corrected chi connectivity index (χ4v) is 4.31. The van der Waals surface area contributed by atoms with Crippen LogP contribution in [0.2, 0.25) is 0 Å². The van der Waals surface area contributed by atoms with Crippen LogP contribution in [0.1, 0.15) is 18.9 Å². The van der Waals surface area contributed by atoms with Crippen molar-refractivity contribution in [3.05, 3.63) is 82.8 Å². The van der Waals surface area contributed by atoms with E-state index in [1.807, 2.05) is 6.92 Å². The molecular formula is C25H24N4O2. The van der Waals surface area contributed by atoms with Crippen LogP contribution in [0.25, 0.3) is 27.4 Å². The van der Waals surface area contributed by atoms with E-state index >= 15 is 0 Å². The Bertz CT molecular complexity index is 1360. The smallest absolute Gasteiger partial charge is 0.323 e. The zero-order valence-corrected chi connectivity index (χ0v) is 17.3. The number of hydrogen-bond acceptors (Lipinski definition) is 3. The van der Waals surface area contributed by atoms with E-state index in [4.69, 9.17) is 0 Å². The van der Waals surface area contributed by atoms with E-state index in [0.717, 1.165) is 25.0 Å². The Morgan fingerprint density at radius 2 is 1.84 bits per heavy atom. The van der Waals surface area contributed by atoms with Crippen LogP contribution in [0.4, 0.5) is 5.69 Å². The Labute approximate surface area is 179 Å². The molecule has 1 aromatic heterocycles. The maximum Gasteiger partial charge on any atom is 0.323 e. The van der Waals surface area contributed by atoms with E-state index in [1.54, 1.807) is 18.2 Å². The third kappa shape index (κ3) is 3.78. The summed E-state index contributed by atoms with van der Waals surface area (Å²) in [6.07, 6.45) is 3.15. The average Bonchev–Trinajstić information content (AvgIpc) is 3.17. The summed E-state index contributed by atoms with van der Waals surface area (Å²) in [6.45, 7) is 3.49. The third-order valence-electron chi connectivity index (χ3n) is 6.09. The molecular weight excluding hydrogens is 388 g/mol. The monoisotopic (exact) mass is 412 g/mol. The van der Waals surface area contributed by atoms with E-state index in [0.29, 0.717) is 11.2 Å². The Morgan fingerprint density at radius 3 is 2.68 bits per heavy atom. The molecule has 1 atom stereocenters. The molecule has 0 spiro atoms. The molecule has 0 aliphatic carbocycles. The van der Waals surface area contributed by atoms with Gasteiger partial charge in [-0.15, -0.1) is 0 Å². The number of nitrogens with one attached hydrogen (secondary N) is 3. The van der Waals surface area contributed by atoms with Crippen molar-refractivity contribution < 1.29 is 4.79 Å². The van der Waals surface area contributed by atoms with E-state index in [1.165, 1.54) is 21.9 Å². The molecule has 2 heterocycles. The molecule has 0 bridgehead atoms. The van der Waals surface area contributed by atoms with E-state index in [-0.39, 0.29) is 17.6 Å². The SMILES string of the molecule is CC(C(=O)Nc1ccc2[nH]c(=O)[nH]c2c1)N1CC=C(c2cccc3ccccc23)CC1. The van der Waals surface area contributed by atoms with Gasteiger partial charge in [0, 0.05) is 18.8 Å². The highest BCUT2D eigenvalue weighted by Gasteiger charge is 2.24. The second kappa shape index (κ2) is 7.89. The van der Waals surface area contributed by atoms with Crippen molar-refractivity contribution >= 4 is 39.0 Å². The molecule has 1 amide bonds. The van der Waals surface area contributed by atoms with Crippen LogP contribution in [0, 0.1) is 0 Å². The van der Waals surface area contributed by atoms with Gasteiger partial charge in [-0.05, 0) is 53.5 Å². The Morgan fingerprint density at radius 1 is 1.03 bits per heavy atom. The van der Waals surface area contributed by atoms with Gasteiger partial charge in [0.25, 0.3) is 0 Å². The van der Waals surface area contributed by atoms with Gasteiger partial charge in [0.1, 0.15) is 0 Å². The normalized spacial score (nSPS) is 15.7. The summed E-state index contributed by atoms with van der Waals surface area (Å²) in [5.74, 6) is -0.0563. The molecule has 0 fully saturated rings. The van der Waals surface area contributed by atoms with Gasteiger partial charge >= 0.3 is 5.69 Å². The second-order valence-corrected chi connectivity index (χ2v) is 8.01. The lowest BCUT2D eigenvalue weighted by molar-refractivity contribution is -0.120. The molecule has 1 aliphatic rings. The summed E-state index contributed by atoms with van der Waals surface area (Å²) >= 11 is 0. The van der Waals surface area contributed by atoms with Crippen LogP contribution >= 0.6 is 0 Å². The van der Waals surface area contributed by atoms with E-state index < -0.39 is 0 Å². The average molecular weight is 412 g/mol. The number of benzene rings is 3. The number of nitrogens with zero attached hydrogens (tertiary/aromatic N) is 1. The van der Waals surface area contributed by atoms with Crippen molar-refractivity contribution in [1.29, 1.82) is 0 Å². The summed E-state index contributed by atoms with van der Waals surface area (Å²) in [7, 11) is 0. The molecule has 1 aliphatic heterocycles. The summed E-state index contributed by atoms with van der Waals surface area (Å²) in [5, 5.41) is 5.49. The quantitative estimate of drug-likeness (QED) is 0.472. The van der Waals surface area contributed by atoms with Crippen LogP contribution in [-0.2, 0) is 4.79 Å². The third-order valence-corrected chi connectivity index (χ3v) is 6.09. The van der Waals surface area contributed by atoms with Gasteiger partial charge in [-0.2, -0.15) is 0 Å². The number of fused-ring (bicyclic) bond motifs is 2. The number of carbonyl (C=O) groups is 1. The topological polar surface area (TPSA) is 81.0 Å². The minimum Gasteiger partial charge on any atom is -0.325 e. The van der Waals surface area contributed by atoms with Crippen molar-refractivity contribution in [2.75, 3.05) is 18.4 Å². The van der Waals surface area contributed by atoms with Crippen LogP contribution in [0.15, 0.2) is 71.5 Å². The molecule has 5 rings (SSSR count). The number of aromatic nitrogens is 2. The Balaban J connectivity index is 1.29. The molecule has 0 radical (unpaired) electrons.